The second-order valence-corrected chi connectivity index (χ2v) is 21.6. The van der Waals surface area contributed by atoms with E-state index in [4.69, 9.17) is 13.6 Å². The van der Waals surface area contributed by atoms with Crippen LogP contribution in [0.3, 0.4) is 0 Å². The molecule has 1 saturated heterocycles. The van der Waals surface area contributed by atoms with Crippen LogP contribution in [-0.2, 0) is 29.7 Å². The lowest BCUT2D eigenvalue weighted by Crippen LogP contribution is -2.54. The molecular weight excluding hydrogens is 450 g/mol. The van der Waals surface area contributed by atoms with Gasteiger partial charge in [-0.1, -0.05) is 71.9 Å². The first-order chi connectivity index (χ1) is 14.9. The van der Waals surface area contributed by atoms with Crippen LogP contribution in [0, 0.1) is 0 Å². The van der Waals surface area contributed by atoms with E-state index in [0.29, 0.717) is 6.54 Å². The summed E-state index contributed by atoms with van der Waals surface area (Å²) in [5.74, 6) is -0.674. The van der Waals surface area contributed by atoms with E-state index in [1.165, 1.54) is 7.11 Å². The molecule has 3 atom stereocenters. The fourth-order valence-corrected chi connectivity index (χ4v) is 5.89. The number of nitrogens with zero attached hydrogens (tertiary/aromatic N) is 1. The van der Waals surface area contributed by atoms with E-state index in [1.54, 1.807) is 4.90 Å². The quantitative estimate of drug-likeness (QED) is 0.378. The highest BCUT2D eigenvalue weighted by Crippen LogP contribution is 2.43. The van der Waals surface area contributed by atoms with Crippen molar-refractivity contribution >= 4 is 28.5 Å². The summed E-state index contributed by atoms with van der Waals surface area (Å²) in [6, 6.07) is 8.83. The maximum absolute atomic E-state index is 13.8. The number of hydrogen-bond donors (Lipinski definition) is 0. The molecule has 1 fully saturated rings. The SMILES string of the molecule is COC(=O)[C@@H]1[C@H](O[Si](C)(C)C(C)(C)C)[C@@H](O[Si](C)(C)C(C)(C)C)C(=O)N1Cc1ccccc1. The van der Waals surface area contributed by atoms with Crippen LogP contribution in [0.5, 0.6) is 0 Å². The minimum atomic E-state index is -2.34. The summed E-state index contributed by atoms with van der Waals surface area (Å²) in [5.41, 5.74) is 0.943. The zero-order valence-corrected chi connectivity index (χ0v) is 24.3. The molecule has 0 bridgehead atoms. The third-order valence-corrected chi connectivity index (χ3v) is 16.5. The molecule has 1 aromatic carbocycles. The van der Waals surface area contributed by atoms with Crippen molar-refractivity contribution in [1.82, 2.24) is 4.90 Å². The Morgan fingerprint density at radius 3 is 1.85 bits per heavy atom. The zero-order valence-electron chi connectivity index (χ0n) is 22.3. The summed E-state index contributed by atoms with van der Waals surface area (Å²) in [4.78, 5) is 28.5. The second kappa shape index (κ2) is 9.64. The third-order valence-electron chi connectivity index (χ3n) is 7.57. The topological polar surface area (TPSA) is 65.1 Å². The molecule has 2 rings (SSSR count). The van der Waals surface area contributed by atoms with Crippen molar-refractivity contribution in [2.75, 3.05) is 7.11 Å². The van der Waals surface area contributed by atoms with Gasteiger partial charge in [0.2, 0.25) is 0 Å². The van der Waals surface area contributed by atoms with Crippen LogP contribution in [0.2, 0.25) is 36.3 Å². The summed E-state index contributed by atoms with van der Waals surface area (Å²) in [6.45, 7) is 21.7. The Morgan fingerprint density at radius 1 is 0.909 bits per heavy atom. The van der Waals surface area contributed by atoms with Crippen molar-refractivity contribution in [1.29, 1.82) is 0 Å². The maximum Gasteiger partial charge on any atom is 0.331 e. The molecule has 1 amide bonds. The fourth-order valence-electron chi connectivity index (χ4n) is 3.38. The standard InChI is InChI=1S/C25H43NO5Si2/c1-24(2,3)32(8,9)30-20-19(23(28)29-7)26(17-18-15-13-12-14-16-18)22(27)21(20)31-33(10,11)25(4,5)6/h12-16,19-21H,17H2,1-11H3/t19-,20-,21+/m0/s1. The van der Waals surface area contributed by atoms with E-state index in [-0.39, 0.29) is 16.0 Å². The fraction of sp³-hybridized carbons (Fsp3) is 0.680. The average molecular weight is 494 g/mol. The van der Waals surface area contributed by atoms with E-state index in [2.05, 4.69) is 67.7 Å². The Balaban J connectivity index is 2.57. The van der Waals surface area contributed by atoms with Gasteiger partial charge < -0.3 is 18.5 Å². The van der Waals surface area contributed by atoms with Gasteiger partial charge in [-0.05, 0) is 41.8 Å². The van der Waals surface area contributed by atoms with E-state index < -0.39 is 40.9 Å². The molecule has 186 valence electrons. The maximum atomic E-state index is 13.8. The van der Waals surface area contributed by atoms with Crippen LogP contribution in [0.1, 0.15) is 47.1 Å². The predicted octanol–water partition coefficient (Wildman–Crippen LogP) is 5.35. The Bertz CT molecular complexity index is 843. The van der Waals surface area contributed by atoms with Gasteiger partial charge in [-0.25, -0.2) is 4.79 Å². The Labute approximate surface area is 202 Å². The molecule has 1 aliphatic rings. The number of rotatable bonds is 7. The van der Waals surface area contributed by atoms with Gasteiger partial charge in [0.15, 0.2) is 28.8 Å². The lowest BCUT2D eigenvalue weighted by atomic mass is 10.1. The van der Waals surface area contributed by atoms with E-state index in [9.17, 15) is 9.59 Å². The van der Waals surface area contributed by atoms with Gasteiger partial charge in [0.25, 0.3) is 5.91 Å². The lowest BCUT2D eigenvalue weighted by molar-refractivity contribution is -0.151. The Kier molecular flexibility index (Phi) is 8.11. The molecule has 0 N–H and O–H groups in total. The van der Waals surface area contributed by atoms with Crippen molar-refractivity contribution in [3.05, 3.63) is 35.9 Å². The summed E-state index contributed by atoms with van der Waals surface area (Å²) < 4.78 is 18.6. The first kappa shape index (κ1) is 27.8. The second-order valence-electron chi connectivity index (χ2n) is 12.1. The van der Waals surface area contributed by atoms with Crippen molar-refractivity contribution < 1.29 is 23.2 Å². The van der Waals surface area contributed by atoms with Gasteiger partial charge in [0, 0.05) is 6.54 Å². The van der Waals surface area contributed by atoms with Gasteiger partial charge in [0.05, 0.1) is 7.11 Å². The highest BCUT2D eigenvalue weighted by molar-refractivity contribution is 6.74. The highest BCUT2D eigenvalue weighted by Gasteiger charge is 2.58. The predicted molar refractivity (Wildman–Crippen MR) is 137 cm³/mol. The number of likely N-dealkylation sites (tertiary alicyclic amines) is 1. The smallest absolute Gasteiger partial charge is 0.331 e. The van der Waals surface area contributed by atoms with Crippen LogP contribution < -0.4 is 0 Å². The molecule has 33 heavy (non-hydrogen) atoms. The van der Waals surface area contributed by atoms with Crippen LogP contribution >= 0.6 is 0 Å². The first-order valence-corrected chi connectivity index (χ1v) is 17.5. The molecule has 0 saturated carbocycles. The van der Waals surface area contributed by atoms with Crippen molar-refractivity contribution in [3.8, 4) is 0 Å². The third kappa shape index (κ3) is 5.96. The number of methoxy groups -OCH3 is 1. The zero-order chi connectivity index (χ0) is 25.4. The molecule has 0 aliphatic carbocycles. The highest BCUT2D eigenvalue weighted by atomic mass is 28.4. The summed E-state index contributed by atoms with van der Waals surface area (Å²) in [6.07, 6.45) is -1.56. The monoisotopic (exact) mass is 493 g/mol. The van der Waals surface area contributed by atoms with Crippen LogP contribution in [0.25, 0.3) is 0 Å². The molecule has 0 spiro atoms. The number of esters is 1. The number of carbonyl (C=O) groups is 2. The normalized spacial score (nSPS) is 22.6. The van der Waals surface area contributed by atoms with Crippen molar-refractivity contribution in [2.45, 2.75) is 103 Å². The number of amides is 1. The molecule has 1 aromatic rings. The van der Waals surface area contributed by atoms with Crippen LogP contribution in [0.15, 0.2) is 30.3 Å². The van der Waals surface area contributed by atoms with Crippen LogP contribution in [0.4, 0.5) is 0 Å². The minimum absolute atomic E-state index is 0.0922. The van der Waals surface area contributed by atoms with Gasteiger partial charge in [-0.3, -0.25) is 4.79 Å². The Morgan fingerprint density at radius 2 is 1.39 bits per heavy atom. The minimum Gasteiger partial charge on any atom is -0.467 e. The number of ether oxygens (including phenoxy) is 1. The van der Waals surface area contributed by atoms with Gasteiger partial charge in [0.1, 0.15) is 6.10 Å². The van der Waals surface area contributed by atoms with Gasteiger partial charge in [-0.2, -0.15) is 0 Å². The molecule has 6 nitrogen and oxygen atoms in total. The van der Waals surface area contributed by atoms with Crippen molar-refractivity contribution in [2.24, 2.45) is 0 Å². The summed E-state index contributed by atoms with van der Waals surface area (Å²) >= 11 is 0. The molecular formula is C25H43NO5Si2. The van der Waals surface area contributed by atoms with Crippen molar-refractivity contribution in [3.63, 3.8) is 0 Å². The van der Waals surface area contributed by atoms with Crippen LogP contribution in [-0.4, -0.2) is 58.8 Å². The largest absolute Gasteiger partial charge is 0.467 e. The molecule has 1 aliphatic heterocycles. The molecule has 0 radical (unpaired) electrons. The molecule has 8 heteroatoms. The number of carbonyl (C=O) groups excluding carboxylic acids is 2. The summed E-state index contributed by atoms with van der Waals surface area (Å²) in [5, 5.41) is -0.187. The molecule has 0 aromatic heterocycles. The summed E-state index contributed by atoms with van der Waals surface area (Å²) in [7, 11) is -3.31. The average Bonchev–Trinajstić information content (AvgIpc) is 2.91. The van der Waals surface area contributed by atoms with E-state index in [0.717, 1.165) is 5.56 Å². The number of benzene rings is 1. The van der Waals surface area contributed by atoms with E-state index >= 15 is 0 Å². The lowest BCUT2D eigenvalue weighted by Gasteiger charge is -2.43. The Hall–Kier alpha value is -1.49. The first-order valence-electron chi connectivity index (χ1n) is 11.7. The molecule has 1 heterocycles. The molecule has 0 unspecified atom stereocenters. The van der Waals surface area contributed by atoms with Gasteiger partial charge in [-0.15, -0.1) is 0 Å². The number of hydrogen-bond acceptors (Lipinski definition) is 5. The van der Waals surface area contributed by atoms with Gasteiger partial charge >= 0.3 is 5.97 Å². The van der Waals surface area contributed by atoms with E-state index in [1.807, 2.05) is 30.3 Å².